The van der Waals surface area contributed by atoms with Gasteiger partial charge in [-0.15, -0.1) is 0 Å². The van der Waals surface area contributed by atoms with Crippen LogP contribution in [0, 0.1) is 6.92 Å². The average Bonchev–Trinajstić information content (AvgIpc) is 2.69. The summed E-state index contributed by atoms with van der Waals surface area (Å²) < 4.78 is 11.2. The van der Waals surface area contributed by atoms with Crippen molar-refractivity contribution in [2.75, 3.05) is 25.5 Å². The number of carbonyl (C=O) groups is 1. The van der Waals surface area contributed by atoms with Crippen molar-refractivity contribution < 1.29 is 14.3 Å². The third-order valence-corrected chi connectivity index (χ3v) is 4.16. The lowest BCUT2D eigenvalue weighted by Gasteiger charge is -2.18. The molecule has 2 amide bonds. The van der Waals surface area contributed by atoms with Gasteiger partial charge in [0, 0.05) is 29.6 Å². The maximum atomic E-state index is 12.3. The molecule has 0 saturated carbocycles. The standard InChI is InChI=1S/C21H21ClN4O3/c1-15-10-11-23-20(24-15)29-18-8-6-17(7-9-18)25-21(27)26(2)12-13-28-19-5-3-4-16(22)14-19/h3-11,14H,12-13H2,1-2H3,(H,25,27). The lowest BCUT2D eigenvalue weighted by atomic mass is 10.3. The third-order valence-electron chi connectivity index (χ3n) is 3.93. The zero-order valence-electron chi connectivity index (χ0n) is 16.1. The Bertz CT molecular complexity index is 966. The molecule has 0 saturated heterocycles. The maximum Gasteiger partial charge on any atom is 0.322 e. The van der Waals surface area contributed by atoms with Crippen molar-refractivity contribution in [1.82, 2.24) is 14.9 Å². The number of aromatic nitrogens is 2. The fraction of sp³-hybridized carbons (Fsp3) is 0.190. The van der Waals surface area contributed by atoms with Crippen molar-refractivity contribution in [1.29, 1.82) is 0 Å². The van der Waals surface area contributed by atoms with E-state index in [0.29, 0.717) is 35.4 Å². The molecular weight excluding hydrogens is 392 g/mol. The van der Waals surface area contributed by atoms with Crippen LogP contribution < -0.4 is 14.8 Å². The van der Waals surface area contributed by atoms with Gasteiger partial charge in [0.2, 0.25) is 0 Å². The Labute approximate surface area is 174 Å². The van der Waals surface area contributed by atoms with Crippen molar-refractivity contribution in [3.05, 3.63) is 71.5 Å². The average molecular weight is 413 g/mol. The lowest BCUT2D eigenvalue weighted by Crippen LogP contribution is -2.34. The van der Waals surface area contributed by atoms with E-state index < -0.39 is 0 Å². The second kappa shape index (κ2) is 9.75. The fourth-order valence-electron chi connectivity index (χ4n) is 2.36. The number of urea groups is 1. The summed E-state index contributed by atoms with van der Waals surface area (Å²) in [6.45, 7) is 2.64. The fourth-order valence-corrected chi connectivity index (χ4v) is 2.54. The van der Waals surface area contributed by atoms with E-state index in [1.54, 1.807) is 55.7 Å². The van der Waals surface area contributed by atoms with Crippen molar-refractivity contribution in [3.8, 4) is 17.5 Å². The molecule has 8 heteroatoms. The van der Waals surface area contributed by atoms with Crippen LogP contribution in [0.15, 0.2) is 60.8 Å². The molecular formula is C21H21ClN4O3. The third kappa shape index (κ3) is 6.36. The molecule has 7 nitrogen and oxygen atoms in total. The molecule has 29 heavy (non-hydrogen) atoms. The number of aryl methyl sites for hydroxylation is 1. The van der Waals surface area contributed by atoms with Gasteiger partial charge in [-0.05, 0) is 55.5 Å². The summed E-state index contributed by atoms with van der Waals surface area (Å²) in [5.41, 5.74) is 1.47. The van der Waals surface area contributed by atoms with Gasteiger partial charge in [-0.25, -0.2) is 14.8 Å². The Hall–Kier alpha value is -3.32. The van der Waals surface area contributed by atoms with Gasteiger partial charge in [-0.2, -0.15) is 0 Å². The molecule has 1 N–H and O–H groups in total. The molecule has 0 atom stereocenters. The Morgan fingerprint density at radius 1 is 1.14 bits per heavy atom. The minimum atomic E-state index is -0.240. The van der Waals surface area contributed by atoms with Gasteiger partial charge in [0.25, 0.3) is 0 Å². The lowest BCUT2D eigenvalue weighted by molar-refractivity contribution is 0.207. The SMILES string of the molecule is Cc1ccnc(Oc2ccc(NC(=O)N(C)CCOc3cccc(Cl)c3)cc2)n1. The molecule has 0 unspecified atom stereocenters. The number of hydrogen-bond donors (Lipinski definition) is 1. The van der Waals surface area contributed by atoms with Gasteiger partial charge in [-0.1, -0.05) is 17.7 Å². The molecule has 3 aromatic rings. The topological polar surface area (TPSA) is 76.6 Å². The van der Waals surface area contributed by atoms with Crippen molar-refractivity contribution in [2.45, 2.75) is 6.92 Å². The Morgan fingerprint density at radius 3 is 2.66 bits per heavy atom. The monoisotopic (exact) mass is 412 g/mol. The molecule has 0 bridgehead atoms. The summed E-state index contributed by atoms with van der Waals surface area (Å²) in [5, 5.41) is 3.43. The molecule has 0 aliphatic rings. The second-order valence-corrected chi connectivity index (χ2v) is 6.70. The van der Waals surface area contributed by atoms with E-state index in [9.17, 15) is 4.79 Å². The van der Waals surface area contributed by atoms with Crippen LogP contribution in [-0.2, 0) is 0 Å². The molecule has 0 fully saturated rings. The van der Waals surface area contributed by atoms with Crippen LogP contribution in [0.4, 0.5) is 10.5 Å². The molecule has 3 rings (SSSR count). The number of likely N-dealkylation sites (N-methyl/N-ethyl adjacent to an activating group) is 1. The summed E-state index contributed by atoms with van der Waals surface area (Å²) in [4.78, 5) is 22.1. The summed E-state index contributed by atoms with van der Waals surface area (Å²) in [7, 11) is 1.70. The summed E-state index contributed by atoms with van der Waals surface area (Å²) >= 11 is 5.92. The normalized spacial score (nSPS) is 10.3. The van der Waals surface area contributed by atoms with Crippen LogP contribution in [0.5, 0.6) is 17.5 Å². The van der Waals surface area contributed by atoms with E-state index in [1.165, 1.54) is 4.90 Å². The van der Waals surface area contributed by atoms with Gasteiger partial charge in [0.05, 0.1) is 6.54 Å². The highest BCUT2D eigenvalue weighted by atomic mass is 35.5. The predicted octanol–water partition coefficient (Wildman–Crippen LogP) is 4.77. The number of carbonyl (C=O) groups excluding carboxylic acids is 1. The number of rotatable bonds is 7. The van der Waals surface area contributed by atoms with Crippen LogP contribution >= 0.6 is 11.6 Å². The first-order valence-corrected chi connectivity index (χ1v) is 9.35. The second-order valence-electron chi connectivity index (χ2n) is 6.26. The highest BCUT2D eigenvalue weighted by molar-refractivity contribution is 6.30. The van der Waals surface area contributed by atoms with E-state index in [2.05, 4.69) is 15.3 Å². The quantitative estimate of drug-likeness (QED) is 0.604. The number of nitrogens with zero attached hydrogens (tertiary/aromatic N) is 3. The number of hydrogen-bond acceptors (Lipinski definition) is 5. The van der Waals surface area contributed by atoms with Gasteiger partial charge < -0.3 is 19.7 Å². The van der Waals surface area contributed by atoms with Crippen LogP contribution in [0.2, 0.25) is 5.02 Å². The van der Waals surface area contributed by atoms with E-state index in [4.69, 9.17) is 21.1 Å². The predicted molar refractivity (Wildman–Crippen MR) is 112 cm³/mol. The summed E-state index contributed by atoms with van der Waals surface area (Å²) in [6.07, 6.45) is 1.64. The molecule has 0 aliphatic carbocycles. The van der Waals surface area contributed by atoms with Crippen molar-refractivity contribution >= 4 is 23.3 Å². The van der Waals surface area contributed by atoms with Crippen LogP contribution in [0.1, 0.15) is 5.69 Å². The number of halogens is 1. The Kier molecular flexibility index (Phi) is 6.86. The van der Waals surface area contributed by atoms with Crippen LogP contribution in [-0.4, -0.2) is 41.1 Å². The summed E-state index contributed by atoms with van der Waals surface area (Å²) in [6, 6.07) is 15.9. The van der Waals surface area contributed by atoms with E-state index >= 15 is 0 Å². The number of nitrogens with one attached hydrogen (secondary N) is 1. The van der Waals surface area contributed by atoms with Crippen molar-refractivity contribution in [2.24, 2.45) is 0 Å². The molecule has 0 spiro atoms. The summed E-state index contributed by atoms with van der Waals surface area (Å²) in [5.74, 6) is 1.25. The largest absolute Gasteiger partial charge is 0.492 e. The molecule has 0 aliphatic heterocycles. The van der Waals surface area contributed by atoms with Gasteiger partial charge in [0.1, 0.15) is 18.1 Å². The first kappa shape index (κ1) is 20.4. The highest BCUT2D eigenvalue weighted by Gasteiger charge is 2.09. The first-order valence-electron chi connectivity index (χ1n) is 8.97. The molecule has 0 radical (unpaired) electrons. The minimum Gasteiger partial charge on any atom is -0.492 e. The molecule has 1 aromatic heterocycles. The number of amides is 2. The van der Waals surface area contributed by atoms with E-state index in [1.807, 2.05) is 19.1 Å². The van der Waals surface area contributed by atoms with Gasteiger partial charge in [-0.3, -0.25) is 0 Å². The number of anilines is 1. The first-order chi connectivity index (χ1) is 14.0. The smallest absolute Gasteiger partial charge is 0.322 e. The molecule has 150 valence electrons. The van der Waals surface area contributed by atoms with Crippen molar-refractivity contribution in [3.63, 3.8) is 0 Å². The highest BCUT2D eigenvalue weighted by Crippen LogP contribution is 2.20. The number of benzene rings is 2. The molecule has 1 heterocycles. The Balaban J connectivity index is 1.46. The minimum absolute atomic E-state index is 0.240. The van der Waals surface area contributed by atoms with Gasteiger partial charge in [0.15, 0.2) is 0 Å². The van der Waals surface area contributed by atoms with Crippen LogP contribution in [0.25, 0.3) is 0 Å². The Morgan fingerprint density at radius 2 is 1.93 bits per heavy atom. The zero-order valence-corrected chi connectivity index (χ0v) is 16.9. The maximum absolute atomic E-state index is 12.3. The van der Waals surface area contributed by atoms with E-state index in [0.717, 1.165) is 5.69 Å². The molecule has 2 aromatic carbocycles. The number of ether oxygens (including phenoxy) is 2. The zero-order chi connectivity index (χ0) is 20.6. The van der Waals surface area contributed by atoms with E-state index in [-0.39, 0.29) is 12.0 Å². The van der Waals surface area contributed by atoms with Gasteiger partial charge >= 0.3 is 12.0 Å². The van der Waals surface area contributed by atoms with Crippen LogP contribution in [0.3, 0.4) is 0 Å².